The summed E-state index contributed by atoms with van der Waals surface area (Å²) in [5.74, 6) is 0.469. The van der Waals surface area contributed by atoms with Gasteiger partial charge in [0.2, 0.25) is 5.91 Å². The van der Waals surface area contributed by atoms with E-state index < -0.39 is 0 Å². The lowest BCUT2D eigenvalue weighted by Gasteiger charge is -2.20. The first-order valence-electron chi connectivity index (χ1n) is 6.62. The van der Waals surface area contributed by atoms with Crippen molar-refractivity contribution in [3.63, 3.8) is 0 Å². The van der Waals surface area contributed by atoms with Crippen molar-refractivity contribution in [1.29, 1.82) is 0 Å². The number of carbonyl (C=O) groups is 1. The molecular formula is C14H19ClN2O3. The summed E-state index contributed by atoms with van der Waals surface area (Å²) in [5, 5.41) is 12.3. The smallest absolute Gasteiger partial charge is 0.238 e. The number of nitrogens with one attached hydrogen (secondary N) is 1. The molecule has 2 N–H and O–H groups in total. The van der Waals surface area contributed by atoms with E-state index in [2.05, 4.69) is 5.32 Å². The fourth-order valence-corrected chi connectivity index (χ4v) is 2.35. The van der Waals surface area contributed by atoms with E-state index >= 15 is 0 Å². The molecule has 0 atom stereocenters. The molecule has 1 amide bonds. The summed E-state index contributed by atoms with van der Waals surface area (Å²) in [6.45, 7) is 0.883. The summed E-state index contributed by atoms with van der Waals surface area (Å²) in [7, 11) is 1.54. The fraction of sp³-hybridized carbons (Fsp3) is 0.500. The molecule has 2 rings (SSSR count). The number of ether oxygens (including phenoxy) is 1. The van der Waals surface area contributed by atoms with Gasteiger partial charge >= 0.3 is 0 Å². The summed E-state index contributed by atoms with van der Waals surface area (Å²) in [4.78, 5) is 14.0. The second-order valence-electron chi connectivity index (χ2n) is 4.82. The van der Waals surface area contributed by atoms with Gasteiger partial charge in [-0.1, -0.05) is 11.6 Å². The van der Waals surface area contributed by atoms with Gasteiger partial charge in [0.25, 0.3) is 0 Å². The molecule has 0 heterocycles. The van der Waals surface area contributed by atoms with E-state index in [0.717, 1.165) is 12.8 Å². The number of nitrogens with zero attached hydrogens (tertiary/aromatic N) is 1. The van der Waals surface area contributed by atoms with Crippen LogP contribution in [-0.2, 0) is 4.79 Å². The highest BCUT2D eigenvalue weighted by molar-refractivity contribution is 6.32. The molecule has 0 aliphatic heterocycles. The van der Waals surface area contributed by atoms with Crippen LogP contribution in [0.5, 0.6) is 5.75 Å². The number of halogens is 1. The van der Waals surface area contributed by atoms with Gasteiger partial charge in [-0.3, -0.25) is 9.69 Å². The molecule has 1 aromatic carbocycles. The first kappa shape index (κ1) is 15.1. The number of rotatable bonds is 7. The van der Waals surface area contributed by atoms with E-state index in [4.69, 9.17) is 21.4 Å². The zero-order chi connectivity index (χ0) is 14.5. The molecule has 0 spiro atoms. The third-order valence-corrected chi connectivity index (χ3v) is 3.53. The average molecular weight is 299 g/mol. The molecule has 1 saturated carbocycles. The third-order valence-electron chi connectivity index (χ3n) is 3.23. The topological polar surface area (TPSA) is 61.8 Å². The zero-order valence-corrected chi connectivity index (χ0v) is 12.2. The van der Waals surface area contributed by atoms with Gasteiger partial charge in [-0.2, -0.15) is 0 Å². The Balaban J connectivity index is 1.91. The summed E-state index contributed by atoms with van der Waals surface area (Å²) in [6, 6.07) is 5.55. The highest BCUT2D eigenvalue weighted by atomic mass is 35.5. The molecule has 0 saturated heterocycles. The Morgan fingerprint density at radius 3 is 2.85 bits per heavy atom. The molecule has 1 aliphatic rings. The number of benzene rings is 1. The molecule has 1 fully saturated rings. The van der Waals surface area contributed by atoms with Crippen molar-refractivity contribution in [2.75, 3.05) is 32.1 Å². The quantitative estimate of drug-likeness (QED) is 0.805. The summed E-state index contributed by atoms with van der Waals surface area (Å²) >= 11 is 6.01. The first-order chi connectivity index (χ1) is 9.63. The maximum atomic E-state index is 12.0. The number of hydrogen-bond acceptors (Lipinski definition) is 4. The largest absolute Gasteiger partial charge is 0.495 e. The Labute approximate surface area is 123 Å². The average Bonchev–Trinajstić information content (AvgIpc) is 3.22. The monoisotopic (exact) mass is 298 g/mol. The first-order valence-corrected chi connectivity index (χ1v) is 7.00. The Hall–Kier alpha value is -1.30. The fourth-order valence-electron chi connectivity index (χ4n) is 2.09. The highest BCUT2D eigenvalue weighted by Crippen LogP contribution is 2.28. The van der Waals surface area contributed by atoms with Crippen molar-refractivity contribution in [3.05, 3.63) is 23.2 Å². The van der Waals surface area contributed by atoms with Crippen molar-refractivity contribution in [2.45, 2.75) is 18.9 Å². The molecule has 0 radical (unpaired) electrons. The number of methoxy groups -OCH3 is 1. The summed E-state index contributed by atoms with van der Waals surface area (Å²) < 4.78 is 5.06. The molecule has 1 aromatic rings. The van der Waals surface area contributed by atoms with E-state index in [1.807, 2.05) is 4.90 Å². The number of carbonyl (C=O) groups excluding carboxylic acids is 1. The van der Waals surface area contributed by atoms with Crippen LogP contribution < -0.4 is 10.1 Å². The van der Waals surface area contributed by atoms with Gasteiger partial charge in [-0.25, -0.2) is 0 Å². The van der Waals surface area contributed by atoms with Gasteiger partial charge in [0.05, 0.1) is 25.3 Å². The molecule has 6 heteroatoms. The lowest BCUT2D eigenvalue weighted by molar-refractivity contribution is -0.117. The molecule has 0 aromatic heterocycles. The van der Waals surface area contributed by atoms with Crippen LogP contribution in [0.3, 0.4) is 0 Å². The number of aliphatic hydroxyl groups is 1. The number of amides is 1. The van der Waals surface area contributed by atoms with Crippen molar-refractivity contribution in [3.8, 4) is 5.75 Å². The zero-order valence-electron chi connectivity index (χ0n) is 11.4. The van der Waals surface area contributed by atoms with Gasteiger partial charge in [0.1, 0.15) is 5.75 Å². The number of anilines is 1. The normalized spacial score (nSPS) is 14.4. The van der Waals surface area contributed by atoms with Crippen LogP contribution in [0.2, 0.25) is 5.02 Å². The second kappa shape index (κ2) is 6.92. The van der Waals surface area contributed by atoms with Crippen LogP contribution in [0.4, 0.5) is 5.69 Å². The lowest BCUT2D eigenvalue weighted by atomic mass is 10.3. The Morgan fingerprint density at radius 1 is 1.55 bits per heavy atom. The highest BCUT2D eigenvalue weighted by Gasteiger charge is 2.29. The Kier molecular flexibility index (Phi) is 5.23. The SMILES string of the molecule is COc1ccc(NC(=O)CN(CCO)C2CC2)cc1Cl. The van der Waals surface area contributed by atoms with Crippen LogP contribution in [0.25, 0.3) is 0 Å². The van der Waals surface area contributed by atoms with Crippen LogP contribution in [0.15, 0.2) is 18.2 Å². The van der Waals surface area contributed by atoms with E-state index in [1.165, 1.54) is 0 Å². The van der Waals surface area contributed by atoms with E-state index in [9.17, 15) is 4.79 Å². The van der Waals surface area contributed by atoms with Crippen molar-refractivity contribution in [2.24, 2.45) is 0 Å². The Morgan fingerprint density at radius 2 is 2.30 bits per heavy atom. The molecule has 20 heavy (non-hydrogen) atoms. The molecule has 0 bridgehead atoms. The lowest BCUT2D eigenvalue weighted by Crippen LogP contribution is -2.36. The summed E-state index contributed by atoms with van der Waals surface area (Å²) in [6.07, 6.45) is 2.20. The summed E-state index contributed by atoms with van der Waals surface area (Å²) in [5.41, 5.74) is 0.639. The van der Waals surface area contributed by atoms with Crippen molar-refractivity contribution >= 4 is 23.2 Å². The van der Waals surface area contributed by atoms with Gasteiger partial charge in [0, 0.05) is 18.3 Å². The minimum Gasteiger partial charge on any atom is -0.495 e. The molecule has 5 nitrogen and oxygen atoms in total. The van der Waals surface area contributed by atoms with Crippen LogP contribution in [0, 0.1) is 0 Å². The minimum atomic E-state index is -0.105. The predicted molar refractivity (Wildman–Crippen MR) is 78.3 cm³/mol. The number of hydrogen-bond donors (Lipinski definition) is 2. The third kappa shape index (κ3) is 4.10. The van der Waals surface area contributed by atoms with E-state index in [1.54, 1.807) is 25.3 Å². The molecule has 110 valence electrons. The maximum absolute atomic E-state index is 12.0. The standard InChI is InChI=1S/C14H19ClN2O3/c1-20-13-5-2-10(8-12(13)15)16-14(19)9-17(6-7-18)11-3-4-11/h2,5,8,11,18H,3-4,6-7,9H2,1H3,(H,16,19). The van der Waals surface area contributed by atoms with Crippen LogP contribution >= 0.6 is 11.6 Å². The maximum Gasteiger partial charge on any atom is 0.238 e. The van der Waals surface area contributed by atoms with Gasteiger partial charge < -0.3 is 15.2 Å². The van der Waals surface area contributed by atoms with Gasteiger partial charge in [-0.15, -0.1) is 0 Å². The van der Waals surface area contributed by atoms with Crippen molar-refractivity contribution < 1.29 is 14.6 Å². The van der Waals surface area contributed by atoms with E-state index in [-0.39, 0.29) is 19.1 Å². The van der Waals surface area contributed by atoms with E-state index in [0.29, 0.717) is 29.0 Å². The predicted octanol–water partition coefficient (Wildman–Crippen LogP) is 1.74. The second-order valence-corrected chi connectivity index (χ2v) is 5.23. The van der Waals surface area contributed by atoms with Gasteiger partial charge in [-0.05, 0) is 31.0 Å². The molecule has 0 unspecified atom stereocenters. The number of aliphatic hydroxyl groups excluding tert-OH is 1. The Bertz CT molecular complexity index is 477. The van der Waals surface area contributed by atoms with Crippen LogP contribution in [0.1, 0.15) is 12.8 Å². The molecule has 1 aliphatic carbocycles. The van der Waals surface area contributed by atoms with Gasteiger partial charge in [0.15, 0.2) is 0 Å². The van der Waals surface area contributed by atoms with Crippen molar-refractivity contribution in [1.82, 2.24) is 4.90 Å². The minimum absolute atomic E-state index is 0.0676. The molecular weight excluding hydrogens is 280 g/mol. The van der Waals surface area contributed by atoms with Crippen LogP contribution in [-0.4, -0.2) is 48.8 Å².